The van der Waals surface area contributed by atoms with Crippen molar-refractivity contribution in [3.63, 3.8) is 0 Å². The Labute approximate surface area is 520 Å². The Hall–Kier alpha value is -8.32. The van der Waals surface area contributed by atoms with Crippen LogP contribution in [0.4, 0.5) is 0 Å². The Bertz CT molecular complexity index is 4090. The lowest BCUT2D eigenvalue weighted by Gasteiger charge is -2.24. The van der Waals surface area contributed by atoms with Crippen LogP contribution in [0.1, 0.15) is 126 Å². The van der Waals surface area contributed by atoms with Crippen LogP contribution in [-0.4, -0.2) is 173 Å². The zero-order valence-electron chi connectivity index (χ0n) is 52.1. The summed E-state index contributed by atoms with van der Waals surface area (Å²) in [6.07, 6.45) is 14.5. The Morgan fingerprint density at radius 1 is 0.539 bits per heavy atom. The Balaban J connectivity index is 0.000000212. The molecular formula is C65H79N9O13S2. The van der Waals surface area contributed by atoms with Crippen molar-refractivity contribution in [1.82, 2.24) is 41.9 Å². The fourth-order valence-electron chi connectivity index (χ4n) is 12.5. The SMILES string of the molecule is CCN(C)C(=O)CN(C)C(=O)C1=Cc2cc(OC)ccc2-c2c(C3CCCCC3)c3ccc(C(=O)NS(=O)(=O)N(C)C)cc3n2C1.COc1ccc2c(c1)C=C(C(=O)N(C)CC(=O)O)Cn1c-2c(C2CCCCC2)c2ccc(C(=O)NS(=O)(=O)N(C)C)cc21. The number of amides is 5. The third kappa shape index (κ3) is 13.6. The van der Waals surface area contributed by atoms with Crippen LogP contribution in [0.2, 0.25) is 0 Å². The first-order valence-corrected chi connectivity index (χ1v) is 32.7. The number of hydrogen-bond acceptors (Lipinski definition) is 12. The molecule has 3 N–H and O–H groups in total. The molecule has 5 amide bonds. The van der Waals surface area contributed by atoms with Crippen molar-refractivity contribution in [1.29, 1.82) is 0 Å². The average Bonchev–Trinajstić information content (AvgIpc) is 1.60. The molecule has 0 bridgehead atoms. The number of benzene rings is 4. The van der Waals surface area contributed by atoms with E-state index in [1.165, 1.54) is 58.5 Å². The molecule has 2 fully saturated rings. The predicted octanol–water partition coefficient (Wildman–Crippen LogP) is 8.08. The number of aromatic nitrogens is 2. The Kier molecular flexibility index (Phi) is 19.6. The van der Waals surface area contributed by atoms with Gasteiger partial charge < -0.3 is 38.4 Å². The summed E-state index contributed by atoms with van der Waals surface area (Å²) in [6, 6.07) is 22.0. The molecule has 6 aromatic rings. The summed E-state index contributed by atoms with van der Waals surface area (Å²) in [5.41, 5.74) is 10.2. The van der Waals surface area contributed by atoms with Gasteiger partial charge in [0, 0.05) is 111 Å². The first kappa shape index (κ1) is 65.1. The number of carbonyl (C=O) groups excluding carboxylic acids is 5. The maximum atomic E-state index is 14.0. The molecule has 4 aliphatic rings. The van der Waals surface area contributed by atoms with Crippen molar-refractivity contribution in [3.8, 4) is 34.0 Å². The zero-order chi connectivity index (χ0) is 64.4. The topological polar surface area (TPSA) is 260 Å². The minimum Gasteiger partial charge on any atom is -0.497 e. The van der Waals surface area contributed by atoms with Crippen LogP contribution in [0.25, 0.3) is 56.5 Å². The molecule has 4 heterocycles. The fraction of sp³-hybridized carbons (Fsp3) is 0.415. The summed E-state index contributed by atoms with van der Waals surface area (Å²) in [5, 5.41) is 11.2. The van der Waals surface area contributed by atoms with Crippen LogP contribution in [0.5, 0.6) is 11.5 Å². The molecule has 0 atom stereocenters. The average molecular weight is 1260 g/mol. The van der Waals surface area contributed by atoms with E-state index in [9.17, 15) is 50.7 Å². The molecule has 2 aliphatic heterocycles. The number of rotatable bonds is 17. The molecule has 24 heteroatoms. The van der Waals surface area contributed by atoms with Gasteiger partial charge in [-0.3, -0.25) is 28.8 Å². The molecule has 89 heavy (non-hydrogen) atoms. The first-order valence-electron chi connectivity index (χ1n) is 29.8. The van der Waals surface area contributed by atoms with E-state index < -0.39 is 50.7 Å². The second kappa shape index (κ2) is 26.8. The van der Waals surface area contributed by atoms with Crippen molar-refractivity contribution in [3.05, 3.63) is 117 Å². The molecular weight excluding hydrogens is 1180 g/mol. The highest BCUT2D eigenvalue weighted by Gasteiger charge is 2.35. The summed E-state index contributed by atoms with van der Waals surface area (Å²) >= 11 is 0. The third-order valence-electron chi connectivity index (χ3n) is 17.4. The van der Waals surface area contributed by atoms with E-state index in [0.29, 0.717) is 34.7 Å². The second-order valence-electron chi connectivity index (χ2n) is 23.6. The molecule has 10 rings (SSSR count). The number of aliphatic carboxylic acids is 1. The van der Waals surface area contributed by atoms with Crippen molar-refractivity contribution in [2.75, 3.05) is 83.2 Å². The van der Waals surface area contributed by atoms with Crippen molar-refractivity contribution in [2.45, 2.75) is 96.1 Å². The minimum absolute atomic E-state index is 0.0667. The molecule has 474 valence electrons. The number of carbonyl (C=O) groups is 6. The zero-order valence-corrected chi connectivity index (χ0v) is 53.8. The molecule has 2 saturated carbocycles. The fourth-order valence-corrected chi connectivity index (χ4v) is 13.6. The van der Waals surface area contributed by atoms with Crippen LogP contribution in [-0.2, 0) is 52.7 Å². The van der Waals surface area contributed by atoms with Crippen molar-refractivity contribution in [2.24, 2.45) is 0 Å². The minimum atomic E-state index is -4.01. The monoisotopic (exact) mass is 1260 g/mol. The van der Waals surface area contributed by atoms with Crippen LogP contribution in [0.15, 0.2) is 83.9 Å². The van der Waals surface area contributed by atoms with E-state index in [-0.39, 0.29) is 54.4 Å². The largest absolute Gasteiger partial charge is 0.497 e. The van der Waals surface area contributed by atoms with Gasteiger partial charge in [0.1, 0.15) is 18.0 Å². The van der Waals surface area contributed by atoms with Gasteiger partial charge in [-0.25, -0.2) is 9.44 Å². The van der Waals surface area contributed by atoms with Crippen molar-refractivity contribution < 1.29 is 60.2 Å². The number of methoxy groups -OCH3 is 2. The summed E-state index contributed by atoms with van der Waals surface area (Å²) < 4.78 is 71.0. The maximum absolute atomic E-state index is 14.0. The predicted molar refractivity (Wildman–Crippen MR) is 342 cm³/mol. The van der Waals surface area contributed by atoms with E-state index in [0.717, 1.165) is 120 Å². The second-order valence-corrected chi connectivity index (χ2v) is 27.4. The van der Waals surface area contributed by atoms with Gasteiger partial charge in [0.15, 0.2) is 0 Å². The number of nitrogens with zero attached hydrogens (tertiary/aromatic N) is 7. The highest BCUT2D eigenvalue weighted by molar-refractivity contribution is 7.88. The van der Waals surface area contributed by atoms with E-state index in [2.05, 4.69) is 14.0 Å². The Morgan fingerprint density at radius 3 is 1.29 bits per heavy atom. The number of likely N-dealkylation sites (N-methyl/N-ethyl adjacent to an activating group) is 3. The van der Waals surface area contributed by atoms with Crippen LogP contribution >= 0.6 is 0 Å². The Morgan fingerprint density at radius 2 is 0.933 bits per heavy atom. The lowest BCUT2D eigenvalue weighted by molar-refractivity contribution is -0.142. The third-order valence-corrected chi connectivity index (χ3v) is 20.2. The van der Waals surface area contributed by atoms with Crippen LogP contribution < -0.4 is 18.9 Å². The maximum Gasteiger partial charge on any atom is 0.323 e. The standard InChI is InChI=1S/C34H43N5O6S.C31H36N4O7S/c1-7-37(4)30(40)21-38(5)34(42)25-17-24-18-26(45-6)14-16-27(24)32-31(22-11-9-8-10-12-22)28-15-13-23(19-29(28)39(32)20-25)33(41)35-46(43,44)36(2)3;1-33(2)43(40,41)32-30(38)20-10-12-25-26(16-20)35-17-22(31(39)34(3)18-27(36)37)14-21-15-23(42-4)11-13-24(21)29(35)28(25)19-8-6-5-7-9-19/h13-19,22H,7-12,20-21H2,1-6H3,(H,35,41);10-16,19H,5-9,17-18H2,1-4H3,(H,32,38)(H,36,37). The summed E-state index contributed by atoms with van der Waals surface area (Å²) in [6.45, 7) is 2.20. The first-order chi connectivity index (χ1) is 42.3. The van der Waals surface area contributed by atoms with Gasteiger partial charge in [-0.15, -0.1) is 0 Å². The lowest BCUT2D eigenvalue weighted by atomic mass is 9.81. The highest BCUT2D eigenvalue weighted by atomic mass is 32.2. The van der Waals surface area contributed by atoms with Gasteiger partial charge in [0.05, 0.1) is 45.2 Å². The number of fused-ring (bicyclic) bond motifs is 10. The normalized spacial score (nSPS) is 15.2. The highest BCUT2D eigenvalue weighted by Crippen LogP contribution is 2.49. The number of carboxylic acids is 1. The molecule has 0 radical (unpaired) electrons. The molecule has 4 aromatic carbocycles. The molecule has 2 aliphatic carbocycles. The summed E-state index contributed by atoms with van der Waals surface area (Å²) in [4.78, 5) is 82.3. The number of nitrogens with one attached hydrogen (secondary N) is 2. The van der Waals surface area contributed by atoms with Gasteiger partial charge >= 0.3 is 26.4 Å². The van der Waals surface area contributed by atoms with Gasteiger partial charge in [0.25, 0.3) is 23.6 Å². The number of hydrogen-bond donors (Lipinski definition) is 3. The van der Waals surface area contributed by atoms with Gasteiger partial charge in [-0.05, 0) is 140 Å². The van der Waals surface area contributed by atoms with Gasteiger partial charge in [-0.2, -0.15) is 25.4 Å². The van der Waals surface area contributed by atoms with E-state index in [1.54, 1.807) is 63.6 Å². The summed E-state index contributed by atoms with van der Waals surface area (Å²) in [5.74, 6) is -1.72. The lowest BCUT2D eigenvalue weighted by Crippen LogP contribution is -2.40. The van der Waals surface area contributed by atoms with Crippen LogP contribution in [0.3, 0.4) is 0 Å². The molecule has 0 spiro atoms. The van der Waals surface area contributed by atoms with Gasteiger partial charge in [0.2, 0.25) is 5.91 Å². The molecule has 2 aromatic heterocycles. The molecule has 0 unspecified atom stereocenters. The van der Waals surface area contributed by atoms with E-state index >= 15 is 0 Å². The van der Waals surface area contributed by atoms with E-state index in [4.69, 9.17) is 9.47 Å². The number of ether oxygens (including phenoxy) is 2. The van der Waals surface area contributed by atoms with E-state index in [1.807, 2.05) is 66.1 Å². The smallest absolute Gasteiger partial charge is 0.323 e. The van der Waals surface area contributed by atoms with Crippen LogP contribution in [0, 0.1) is 0 Å². The summed E-state index contributed by atoms with van der Waals surface area (Å²) in [7, 11) is 5.31. The quantitative estimate of drug-likeness (QED) is 0.0781. The number of carboxylic acid groups (broad SMARTS) is 1. The van der Waals surface area contributed by atoms with Gasteiger partial charge in [-0.1, -0.05) is 50.7 Å². The molecule has 0 saturated heterocycles. The van der Waals surface area contributed by atoms with Crippen molar-refractivity contribution >= 4 is 89.9 Å². The molecule has 22 nitrogen and oxygen atoms in total.